The van der Waals surface area contributed by atoms with Crippen molar-refractivity contribution in [3.05, 3.63) is 35.6 Å². The Balaban J connectivity index is 1.71. The first-order valence-corrected chi connectivity index (χ1v) is 6.31. The monoisotopic (exact) mass is 251 g/mol. The standard InChI is InChI=1S/C14H18FNO2/c15-12-4-1-3-11(9-12)5-6-13(17)16-10-14(18)7-2-8-14/h1,3-4,9,18H,2,5-8,10H2,(H,16,17). The summed E-state index contributed by atoms with van der Waals surface area (Å²) in [4.78, 5) is 11.6. The van der Waals surface area contributed by atoms with E-state index in [2.05, 4.69) is 5.32 Å². The summed E-state index contributed by atoms with van der Waals surface area (Å²) in [6.07, 6.45) is 3.38. The number of aryl methyl sites for hydroxylation is 1. The fourth-order valence-electron chi connectivity index (χ4n) is 2.06. The molecule has 0 radical (unpaired) electrons. The van der Waals surface area contributed by atoms with Gasteiger partial charge in [-0.15, -0.1) is 0 Å². The Bertz CT molecular complexity index is 430. The normalized spacial score (nSPS) is 17.0. The maximum absolute atomic E-state index is 12.9. The summed E-state index contributed by atoms with van der Waals surface area (Å²) in [5.74, 6) is -0.378. The largest absolute Gasteiger partial charge is 0.388 e. The molecule has 0 unspecified atom stereocenters. The number of aliphatic hydroxyl groups is 1. The van der Waals surface area contributed by atoms with E-state index in [1.54, 1.807) is 12.1 Å². The maximum Gasteiger partial charge on any atom is 0.220 e. The summed E-state index contributed by atoms with van der Waals surface area (Å²) in [5.41, 5.74) is 0.127. The fraction of sp³-hybridized carbons (Fsp3) is 0.500. The molecule has 1 aliphatic rings. The highest BCUT2D eigenvalue weighted by Gasteiger charge is 2.34. The lowest BCUT2D eigenvalue weighted by Crippen LogP contribution is -2.47. The van der Waals surface area contributed by atoms with E-state index in [1.807, 2.05) is 0 Å². The van der Waals surface area contributed by atoms with E-state index in [4.69, 9.17) is 0 Å². The van der Waals surface area contributed by atoms with Crippen LogP contribution in [0, 0.1) is 5.82 Å². The summed E-state index contributed by atoms with van der Waals surface area (Å²) in [5, 5.41) is 12.5. The molecule has 1 aromatic rings. The molecule has 0 aromatic heterocycles. The first-order chi connectivity index (χ1) is 8.57. The van der Waals surface area contributed by atoms with Crippen LogP contribution in [0.2, 0.25) is 0 Å². The van der Waals surface area contributed by atoms with Crippen molar-refractivity contribution in [2.45, 2.75) is 37.7 Å². The number of nitrogens with one attached hydrogen (secondary N) is 1. The number of amides is 1. The van der Waals surface area contributed by atoms with Gasteiger partial charge in [0, 0.05) is 13.0 Å². The predicted molar refractivity (Wildman–Crippen MR) is 66.5 cm³/mol. The van der Waals surface area contributed by atoms with E-state index < -0.39 is 5.60 Å². The molecule has 4 heteroatoms. The van der Waals surface area contributed by atoms with Crippen LogP contribution in [0.25, 0.3) is 0 Å². The van der Waals surface area contributed by atoms with Crippen LogP contribution in [0.15, 0.2) is 24.3 Å². The van der Waals surface area contributed by atoms with Gasteiger partial charge in [0.2, 0.25) is 5.91 Å². The average Bonchev–Trinajstić information content (AvgIpc) is 2.31. The molecule has 1 aromatic carbocycles. The maximum atomic E-state index is 12.9. The van der Waals surface area contributed by atoms with Gasteiger partial charge in [-0.25, -0.2) is 4.39 Å². The molecule has 1 aliphatic carbocycles. The number of hydrogen-bond acceptors (Lipinski definition) is 2. The van der Waals surface area contributed by atoms with Gasteiger partial charge < -0.3 is 10.4 Å². The van der Waals surface area contributed by atoms with E-state index in [9.17, 15) is 14.3 Å². The van der Waals surface area contributed by atoms with E-state index in [-0.39, 0.29) is 11.7 Å². The van der Waals surface area contributed by atoms with Gasteiger partial charge >= 0.3 is 0 Å². The lowest BCUT2D eigenvalue weighted by Gasteiger charge is -2.36. The van der Waals surface area contributed by atoms with Crippen molar-refractivity contribution in [3.8, 4) is 0 Å². The van der Waals surface area contributed by atoms with Crippen LogP contribution >= 0.6 is 0 Å². The predicted octanol–water partition coefficient (Wildman–Crippen LogP) is 1.79. The Hall–Kier alpha value is -1.42. The van der Waals surface area contributed by atoms with E-state index >= 15 is 0 Å². The summed E-state index contributed by atoms with van der Waals surface area (Å²) < 4.78 is 12.9. The molecule has 0 spiro atoms. The topological polar surface area (TPSA) is 49.3 Å². The molecular formula is C14H18FNO2. The van der Waals surface area contributed by atoms with Crippen LogP contribution in [-0.2, 0) is 11.2 Å². The van der Waals surface area contributed by atoms with Crippen molar-refractivity contribution in [1.82, 2.24) is 5.32 Å². The Labute approximate surface area is 106 Å². The van der Waals surface area contributed by atoms with E-state index in [0.717, 1.165) is 24.8 Å². The second-order valence-electron chi connectivity index (χ2n) is 4.98. The van der Waals surface area contributed by atoms with Gasteiger partial charge in [0.1, 0.15) is 5.82 Å². The highest BCUT2D eigenvalue weighted by Crippen LogP contribution is 2.30. The first kappa shape index (κ1) is 13.0. The van der Waals surface area contributed by atoms with Crippen LogP contribution in [0.4, 0.5) is 4.39 Å². The van der Waals surface area contributed by atoms with Crippen molar-refractivity contribution in [2.75, 3.05) is 6.54 Å². The van der Waals surface area contributed by atoms with Crippen molar-refractivity contribution < 1.29 is 14.3 Å². The second kappa shape index (κ2) is 5.48. The summed E-state index contributed by atoms with van der Waals surface area (Å²) in [6, 6.07) is 6.26. The Morgan fingerprint density at radius 3 is 2.83 bits per heavy atom. The van der Waals surface area contributed by atoms with Crippen LogP contribution in [-0.4, -0.2) is 23.2 Å². The number of rotatable bonds is 5. The van der Waals surface area contributed by atoms with Gasteiger partial charge in [-0.1, -0.05) is 12.1 Å². The third-order valence-corrected chi connectivity index (χ3v) is 3.43. The molecule has 0 saturated heterocycles. The molecule has 98 valence electrons. The number of carbonyl (C=O) groups excluding carboxylic acids is 1. The van der Waals surface area contributed by atoms with Gasteiger partial charge in [-0.2, -0.15) is 0 Å². The molecular weight excluding hydrogens is 233 g/mol. The fourth-order valence-corrected chi connectivity index (χ4v) is 2.06. The zero-order valence-electron chi connectivity index (χ0n) is 10.3. The second-order valence-corrected chi connectivity index (χ2v) is 4.98. The van der Waals surface area contributed by atoms with Crippen molar-refractivity contribution in [3.63, 3.8) is 0 Å². The lowest BCUT2D eigenvalue weighted by atomic mass is 9.80. The van der Waals surface area contributed by atoms with Crippen molar-refractivity contribution in [1.29, 1.82) is 0 Å². The third kappa shape index (κ3) is 3.53. The van der Waals surface area contributed by atoms with E-state index in [1.165, 1.54) is 12.1 Å². The van der Waals surface area contributed by atoms with Gasteiger partial charge in [0.15, 0.2) is 0 Å². The average molecular weight is 251 g/mol. The minimum absolute atomic E-state index is 0.0976. The molecule has 1 fully saturated rings. The first-order valence-electron chi connectivity index (χ1n) is 6.31. The molecule has 0 heterocycles. The molecule has 3 nitrogen and oxygen atoms in total. The Morgan fingerprint density at radius 1 is 1.44 bits per heavy atom. The quantitative estimate of drug-likeness (QED) is 0.838. The summed E-state index contributed by atoms with van der Waals surface area (Å²) >= 11 is 0. The minimum Gasteiger partial charge on any atom is -0.388 e. The number of hydrogen-bond donors (Lipinski definition) is 2. The third-order valence-electron chi connectivity index (χ3n) is 3.43. The van der Waals surface area contributed by atoms with Gasteiger partial charge in [0.25, 0.3) is 0 Å². The zero-order chi connectivity index (χ0) is 13.0. The van der Waals surface area contributed by atoms with Crippen molar-refractivity contribution in [2.24, 2.45) is 0 Å². The number of benzene rings is 1. The molecule has 18 heavy (non-hydrogen) atoms. The Kier molecular flexibility index (Phi) is 3.97. The van der Waals surface area contributed by atoms with Crippen LogP contribution in [0.5, 0.6) is 0 Å². The van der Waals surface area contributed by atoms with Gasteiger partial charge in [-0.3, -0.25) is 4.79 Å². The van der Waals surface area contributed by atoms with Crippen LogP contribution < -0.4 is 5.32 Å². The summed E-state index contributed by atoms with van der Waals surface area (Å²) in [7, 11) is 0. The molecule has 0 atom stereocenters. The van der Waals surface area contributed by atoms with Crippen LogP contribution in [0.3, 0.4) is 0 Å². The minimum atomic E-state index is -0.686. The molecule has 1 saturated carbocycles. The SMILES string of the molecule is O=C(CCc1cccc(F)c1)NCC1(O)CCC1. The highest BCUT2D eigenvalue weighted by molar-refractivity contribution is 5.76. The van der Waals surface area contributed by atoms with Crippen LogP contribution in [0.1, 0.15) is 31.2 Å². The van der Waals surface area contributed by atoms with Crippen molar-refractivity contribution >= 4 is 5.91 Å². The molecule has 0 bridgehead atoms. The molecule has 2 N–H and O–H groups in total. The van der Waals surface area contributed by atoms with E-state index in [0.29, 0.717) is 19.4 Å². The van der Waals surface area contributed by atoms with Gasteiger partial charge in [0.05, 0.1) is 5.60 Å². The highest BCUT2D eigenvalue weighted by atomic mass is 19.1. The molecule has 2 rings (SSSR count). The summed E-state index contributed by atoms with van der Waals surface area (Å²) in [6.45, 7) is 0.328. The number of halogens is 1. The molecule has 0 aliphatic heterocycles. The molecule has 1 amide bonds. The Morgan fingerprint density at radius 2 is 2.22 bits per heavy atom. The number of carbonyl (C=O) groups is 1. The zero-order valence-corrected chi connectivity index (χ0v) is 10.3. The van der Waals surface area contributed by atoms with Gasteiger partial charge in [-0.05, 0) is 43.4 Å². The lowest BCUT2D eigenvalue weighted by molar-refractivity contribution is -0.123. The smallest absolute Gasteiger partial charge is 0.220 e.